The fourth-order valence-corrected chi connectivity index (χ4v) is 2.95. The number of thioether (sulfide) groups is 1. The molecule has 1 unspecified atom stereocenters. The monoisotopic (exact) mass is 290 g/mol. The molecule has 104 valence electrons. The number of halogens is 1. The topological polar surface area (TPSA) is 55.9 Å². The molecular formula is C12H23ClN4S. The molecule has 1 rings (SSSR count). The zero-order valence-electron chi connectivity index (χ0n) is 11.5. The van der Waals surface area contributed by atoms with E-state index in [4.69, 9.17) is 17.4 Å². The van der Waals surface area contributed by atoms with E-state index < -0.39 is 0 Å². The smallest absolute Gasteiger partial charge is 0.0850 e. The maximum atomic E-state index is 6.33. The van der Waals surface area contributed by atoms with Gasteiger partial charge in [0.2, 0.25) is 0 Å². The van der Waals surface area contributed by atoms with Gasteiger partial charge in [-0.25, -0.2) is 0 Å². The highest BCUT2D eigenvalue weighted by molar-refractivity contribution is 7.99. The summed E-state index contributed by atoms with van der Waals surface area (Å²) in [6.07, 6.45) is 1.66. The Morgan fingerprint density at radius 3 is 2.61 bits per heavy atom. The van der Waals surface area contributed by atoms with Crippen molar-refractivity contribution >= 4 is 23.4 Å². The summed E-state index contributed by atoms with van der Waals surface area (Å²) in [5, 5.41) is 5.81. The maximum Gasteiger partial charge on any atom is 0.0850 e. The van der Waals surface area contributed by atoms with Crippen molar-refractivity contribution in [2.24, 2.45) is 12.9 Å². The molecule has 0 aromatic carbocycles. The molecule has 0 amide bonds. The van der Waals surface area contributed by atoms with Crippen molar-refractivity contribution in [3.05, 3.63) is 16.4 Å². The third-order valence-corrected chi connectivity index (χ3v) is 4.51. The van der Waals surface area contributed by atoms with Gasteiger partial charge in [-0.15, -0.1) is 0 Å². The van der Waals surface area contributed by atoms with Crippen molar-refractivity contribution in [1.29, 1.82) is 0 Å². The van der Waals surface area contributed by atoms with Gasteiger partial charge in [-0.2, -0.15) is 16.9 Å². The second-order valence-corrected chi connectivity index (χ2v) is 6.62. The number of aromatic nitrogens is 2. The number of hydrogen-bond acceptors (Lipinski definition) is 4. The number of nitrogens with two attached hydrogens (primary N) is 1. The first-order valence-electron chi connectivity index (χ1n) is 6.27. The van der Waals surface area contributed by atoms with Crippen LogP contribution in [-0.4, -0.2) is 26.8 Å². The maximum absolute atomic E-state index is 6.33. The molecule has 0 spiro atoms. The number of hydrogen-bond donors (Lipinski definition) is 2. The summed E-state index contributed by atoms with van der Waals surface area (Å²) in [5.74, 6) is 6.58. The normalized spacial score (nSPS) is 13.3. The van der Waals surface area contributed by atoms with Crippen LogP contribution in [0.3, 0.4) is 0 Å². The highest BCUT2D eigenvalue weighted by Crippen LogP contribution is 2.23. The largest absolute Gasteiger partial charge is 0.271 e. The Morgan fingerprint density at radius 1 is 1.50 bits per heavy atom. The number of hydrazine groups is 1. The molecule has 0 bridgehead atoms. The average molecular weight is 291 g/mol. The predicted octanol–water partition coefficient (Wildman–Crippen LogP) is 2.15. The molecule has 6 heteroatoms. The molecule has 0 aliphatic carbocycles. The van der Waals surface area contributed by atoms with Gasteiger partial charge in [0.05, 0.1) is 16.4 Å². The Kier molecular flexibility index (Phi) is 6.49. The third kappa shape index (κ3) is 4.16. The molecule has 1 atom stereocenters. The molecule has 4 nitrogen and oxygen atoms in total. The van der Waals surface area contributed by atoms with Gasteiger partial charge in [0, 0.05) is 25.3 Å². The van der Waals surface area contributed by atoms with E-state index in [0.717, 1.165) is 35.0 Å². The highest BCUT2D eigenvalue weighted by atomic mass is 35.5. The molecule has 3 N–H and O–H groups in total. The lowest BCUT2D eigenvalue weighted by atomic mass is 10.1. The van der Waals surface area contributed by atoms with Crippen LogP contribution in [-0.2, 0) is 19.9 Å². The van der Waals surface area contributed by atoms with Gasteiger partial charge in [0.15, 0.2) is 0 Å². The first-order valence-corrected chi connectivity index (χ1v) is 7.70. The van der Waals surface area contributed by atoms with E-state index in [1.165, 1.54) is 0 Å². The number of nitrogens with zero attached hydrogens (tertiary/aromatic N) is 2. The van der Waals surface area contributed by atoms with Gasteiger partial charge < -0.3 is 0 Å². The van der Waals surface area contributed by atoms with Gasteiger partial charge >= 0.3 is 0 Å². The second-order valence-electron chi connectivity index (χ2n) is 4.63. The Hall–Kier alpha value is -0.230. The molecule has 0 saturated carbocycles. The van der Waals surface area contributed by atoms with Crippen LogP contribution in [0, 0.1) is 0 Å². The molecule has 18 heavy (non-hydrogen) atoms. The quantitative estimate of drug-likeness (QED) is 0.597. The van der Waals surface area contributed by atoms with Crippen molar-refractivity contribution < 1.29 is 0 Å². The van der Waals surface area contributed by atoms with Gasteiger partial charge in [-0.3, -0.25) is 16.0 Å². The zero-order chi connectivity index (χ0) is 13.7. The van der Waals surface area contributed by atoms with Gasteiger partial charge in [0.25, 0.3) is 0 Å². The van der Waals surface area contributed by atoms with Gasteiger partial charge in [-0.05, 0) is 11.7 Å². The van der Waals surface area contributed by atoms with E-state index in [-0.39, 0.29) is 6.04 Å². The Labute approximate surface area is 119 Å². The Balaban J connectivity index is 2.72. The lowest BCUT2D eigenvalue weighted by molar-refractivity contribution is 0.550. The first kappa shape index (κ1) is 15.8. The number of nitrogens with one attached hydrogen (secondary N) is 1. The summed E-state index contributed by atoms with van der Waals surface area (Å²) in [6.45, 7) is 6.43. The van der Waals surface area contributed by atoms with Crippen LogP contribution >= 0.6 is 23.4 Å². The molecule has 1 aromatic heterocycles. The summed E-state index contributed by atoms with van der Waals surface area (Å²) in [4.78, 5) is 0. The first-order chi connectivity index (χ1) is 8.49. The third-order valence-electron chi connectivity index (χ3n) is 2.81. The van der Waals surface area contributed by atoms with E-state index >= 15 is 0 Å². The van der Waals surface area contributed by atoms with Gasteiger partial charge in [0.1, 0.15) is 0 Å². The average Bonchev–Trinajstić information content (AvgIpc) is 2.60. The minimum Gasteiger partial charge on any atom is -0.271 e. The molecule has 0 saturated heterocycles. The van der Waals surface area contributed by atoms with Crippen LogP contribution in [0.2, 0.25) is 5.02 Å². The predicted molar refractivity (Wildman–Crippen MR) is 80.0 cm³/mol. The lowest BCUT2D eigenvalue weighted by Gasteiger charge is -2.17. The molecule has 0 radical (unpaired) electrons. The Bertz CT molecular complexity index is 378. The summed E-state index contributed by atoms with van der Waals surface area (Å²) in [6, 6.07) is 0.218. The number of rotatable bonds is 7. The lowest BCUT2D eigenvalue weighted by Crippen LogP contribution is -2.39. The summed E-state index contributed by atoms with van der Waals surface area (Å²) in [5.41, 5.74) is 4.88. The van der Waals surface area contributed by atoms with Crippen LogP contribution in [0.1, 0.15) is 32.2 Å². The molecule has 0 aliphatic rings. The van der Waals surface area contributed by atoms with Crippen molar-refractivity contribution in [3.63, 3.8) is 0 Å². The van der Waals surface area contributed by atoms with Crippen LogP contribution in [0.25, 0.3) is 0 Å². The minimum atomic E-state index is 0.218. The van der Waals surface area contributed by atoms with Crippen molar-refractivity contribution in [2.75, 3.05) is 5.75 Å². The fraction of sp³-hybridized carbons (Fsp3) is 0.750. The van der Waals surface area contributed by atoms with Crippen LogP contribution in [0.4, 0.5) is 0 Å². The molecule has 0 fully saturated rings. The second kappa shape index (κ2) is 7.38. The van der Waals surface area contributed by atoms with Crippen molar-refractivity contribution in [3.8, 4) is 0 Å². The van der Waals surface area contributed by atoms with E-state index in [0.29, 0.717) is 5.25 Å². The standard InChI is InChI=1S/C12H23ClN4S/c1-5-10-12(13)11(17(4)16-10)6-9(15-14)7-18-8(2)3/h8-9,15H,5-7,14H2,1-4H3. The van der Waals surface area contributed by atoms with Gasteiger partial charge in [-0.1, -0.05) is 32.4 Å². The zero-order valence-corrected chi connectivity index (χ0v) is 13.1. The minimum absolute atomic E-state index is 0.218. The van der Waals surface area contributed by atoms with Crippen molar-refractivity contribution in [2.45, 2.75) is 44.9 Å². The van der Waals surface area contributed by atoms with Crippen LogP contribution < -0.4 is 11.3 Å². The molecule has 0 aliphatic heterocycles. The Morgan fingerprint density at radius 2 is 2.17 bits per heavy atom. The summed E-state index contributed by atoms with van der Waals surface area (Å²) in [7, 11) is 1.93. The molecule has 1 aromatic rings. The van der Waals surface area contributed by atoms with E-state index in [1.54, 1.807) is 0 Å². The molecule has 1 heterocycles. The highest BCUT2D eigenvalue weighted by Gasteiger charge is 2.17. The van der Waals surface area contributed by atoms with Crippen LogP contribution in [0.5, 0.6) is 0 Å². The van der Waals surface area contributed by atoms with E-state index in [2.05, 4.69) is 31.3 Å². The fourth-order valence-electron chi connectivity index (χ4n) is 1.75. The van der Waals surface area contributed by atoms with Crippen LogP contribution in [0.15, 0.2) is 0 Å². The van der Waals surface area contributed by atoms with Crippen molar-refractivity contribution in [1.82, 2.24) is 15.2 Å². The summed E-state index contributed by atoms with van der Waals surface area (Å²) < 4.78 is 1.87. The molecular weight excluding hydrogens is 268 g/mol. The van der Waals surface area contributed by atoms with E-state index in [9.17, 15) is 0 Å². The van der Waals surface area contributed by atoms with E-state index in [1.807, 2.05) is 23.5 Å². The SMILES string of the molecule is CCc1nn(C)c(CC(CSC(C)C)NN)c1Cl. The summed E-state index contributed by atoms with van der Waals surface area (Å²) >= 11 is 8.23. The number of aryl methyl sites for hydroxylation is 2.